The third-order valence-electron chi connectivity index (χ3n) is 5.38. The van der Waals surface area contributed by atoms with E-state index in [9.17, 15) is 14.4 Å². The monoisotopic (exact) mass is 451 g/mol. The number of imide groups is 2. The van der Waals surface area contributed by atoms with E-state index in [2.05, 4.69) is 10.2 Å². The summed E-state index contributed by atoms with van der Waals surface area (Å²) in [6.07, 6.45) is 1.44. The number of amides is 4. The van der Waals surface area contributed by atoms with Gasteiger partial charge in [-0.25, -0.2) is 9.69 Å². The molecule has 1 N–H and O–H groups in total. The summed E-state index contributed by atoms with van der Waals surface area (Å²) in [5.41, 5.74) is 1.64. The van der Waals surface area contributed by atoms with Gasteiger partial charge in [0.15, 0.2) is 0 Å². The lowest BCUT2D eigenvalue weighted by Gasteiger charge is -2.29. The average Bonchev–Trinajstić information content (AvgIpc) is 2.82. The van der Waals surface area contributed by atoms with Crippen molar-refractivity contribution in [1.29, 1.82) is 0 Å². The van der Waals surface area contributed by atoms with Crippen LogP contribution in [0.5, 0.6) is 11.5 Å². The van der Waals surface area contributed by atoms with Crippen molar-refractivity contribution in [1.82, 2.24) is 5.32 Å². The van der Waals surface area contributed by atoms with Gasteiger partial charge in [0.25, 0.3) is 11.8 Å². The van der Waals surface area contributed by atoms with Crippen molar-refractivity contribution in [3.8, 4) is 11.5 Å². The molecule has 0 aromatic heterocycles. The van der Waals surface area contributed by atoms with Gasteiger partial charge in [-0.3, -0.25) is 14.9 Å². The van der Waals surface area contributed by atoms with Crippen molar-refractivity contribution in [3.05, 3.63) is 53.6 Å². The lowest BCUT2D eigenvalue weighted by Crippen LogP contribution is -2.54. The highest BCUT2D eigenvalue weighted by Gasteiger charge is 2.37. The number of nitrogens with one attached hydrogen (secondary N) is 1. The van der Waals surface area contributed by atoms with Crippen molar-refractivity contribution in [2.45, 2.75) is 6.92 Å². The first-order chi connectivity index (χ1) is 16.0. The van der Waals surface area contributed by atoms with Crippen molar-refractivity contribution in [3.63, 3.8) is 0 Å². The van der Waals surface area contributed by atoms with E-state index in [1.807, 2.05) is 19.1 Å². The molecule has 4 rings (SSSR count). The number of ether oxygens (including phenoxy) is 3. The molecule has 0 radical (unpaired) electrons. The molecule has 33 heavy (non-hydrogen) atoms. The van der Waals surface area contributed by atoms with Crippen LogP contribution in [0.15, 0.2) is 48.0 Å². The fraction of sp³-hybridized carbons (Fsp3) is 0.292. The zero-order chi connectivity index (χ0) is 23.4. The van der Waals surface area contributed by atoms with Crippen LogP contribution < -0.4 is 24.6 Å². The van der Waals surface area contributed by atoms with Gasteiger partial charge in [-0.05, 0) is 37.3 Å². The molecule has 9 nitrogen and oxygen atoms in total. The molecule has 2 aliphatic rings. The second-order valence-corrected chi connectivity index (χ2v) is 7.41. The van der Waals surface area contributed by atoms with E-state index < -0.39 is 17.8 Å². The van der Waals surface area contributed by atoms with E-state index in [4.69, 9.17) is 14.2 Å². The van der Waals surface area contributed by atoms with E-state index >= 15 is 0 Å². The first-order valence-electron chi connectivity index (χ1n) is 10.7. The molecule has 0 unspecified atom stereocenters. The number of hydrogen-bond acceptors (Lipinski definition) is 7. The minimum Gasteiger partial charge on any atom is -0.496 e. The number of hydrogen-bond donors (Lipinski definition) is 1. The first-order valence-corrected chi connectivity index (χ1v) is 10.7. The summed E-state index contributed by atoms with van der Waals surface area (Å²) in [6, 6.07) is 11.3. The van der Waals surface area contributed by atoms with Gasteiger partial charge in [0.05, 0.1) is 32.6 Å². The minimum atomic E-state index is -0.814. The Morgan fingerprint density at radius 2 is 1.85 bits per heavy atom. The Morgan fingerprint density at radius 3 is 2.58 bits per heavy atom. The topological polar surface area (TPSA) is 97.4 Å². The van der Waals surface area contributed by atoms with Gasteiger partial charge < -0.3 is 19.1 Å². The molecule has 0 aliphatic carbocycles. The summed E-state index contributed by atoms with van der Waals surface area (Å²) >= 11 is 0. The molecule has 2 aliphatic heterocycles. The molecule has 4 amide bonds. The predicted molar refractivity (Wildman–Crippen MR) is 123 cm³/mol. The number of nitrogens with zero attached hydrogens (tertiary/aromatic N) is 2. The van der Waals surface area contributed by atoms with E-state index in [-0.39, 0.29) is 5.57 Å². The lowest BCUT2D eigenvalue weighted by atomic mass is 10.0. The summed E-state index contributed by atoms with van der Waals surface area (Å²) < 4.78 is 16.4. The molecule has 2 aromatic rings. The molecule has 2 saturated heterocycles. The van der Waals surface area contributed by atoms with Crippen LogP contribution >= 0.6 is 0 Å². The minimum absolute atomic E-state index is 0.172. The summed E-state index contributed by atoms with van der Waals surface area (Å²) in [6.45, 7) is 5.11. The van der Waals surface area contributed by atoms with Crippen LogP contribution in [-0.2, 0) is 14.3 Å². The summed E-state index contributed by atoms with van der Waals surface area (Å²) in [4.78, 5) is 41.3. The fourth-order valence-corrected chi connectivity index (χ4v) is 3.76. The number of methoxy groups -OCH3 is 1. The highest BCUT2D eigenvalue weighted by atomic mass is 16.5. The highest BCUT2D eigenvalue weighted by molar-refractivity contribution is 6.39. The maximum atomic E-state index is 13.2. The van der Waals surface area contributed by atoms with Crippen LogP contribution in [0.3, 0.4) is 0 Å². The summed E-state index contributed by atoms with van der Waals surface area (Å²) in [5, 5.41) is 2.24. The average molecular weight is 451 g/mol. The zero-order valence-electron chi connectivity index (χ0n) is 18.5. The van der Waals surface area contributed by atoms with E-state index in [1.54, 1.807) is 30.3 Å². The Morgan fingerprint density at radius 1 is 1.06 bits per heavy atom. The van der Waals surface area contributed by atoms with Gasteiger partial charge >= 0.3 is 6.03 Å². The number of morpholine rings is 1. The smallest absolute Gasteiger partial charge is 0.335 e. The van der Waals surface area contributed by atoms with E-state index in [1.165, 1.54) is 13.2 Å². The quantitative estimate of drug-likeness (QED) is 0.533. The van der Waals surface area contributed by atoms with Crippen molar-refractivity contribution >= 4 is 35.3 Å². The molecule has 0 spiro atoms. The number of carbonyl (C=O) groups is 3. The maximum absolute atomic E-state index is 13.2. The molecule has 2 aromatic carbocycles. The Bertz CT molecular complexity index is 1110. The van der Waals surface area contributed by atoms with Crippen molar-refractivity contribution < 1.29 is 28.6 Å². The second-order valence-electron chi connectivity index (χ2n) is 7.41. The van der Waals surface area contributed by atoms with E-state index in [0.717, 1.165) is 23.7 Å². The largest absolute Gasteiger partial charge is 0.496 e. The second kappa shape index (κ2) is 9.74. The molecular formula is C24H25N3O6. The fourth-order valence-electron chi connectivity index (χ4n) is 3.76. The molecule has 172 valence electrons. The normalized spacial score (nSPS) is 17.9. The number of rotatable bonds is 6. The van der Waals surface area contributed by atoms with Gasteiger partial charge in [0.1, 0.15) is 17.1 Å². The number of anilines is 2. The molecule has 0 bridgehead atoms. The summed E-state index contributed by atoms with van der Waals surface area (Å²) in [5.74, 6) is -0.467. The maximum Gasteiger partial charge on any atom is 0.335 e. The van der Waals surface area contributed by atoms with Gasteiger partial charge in [0, 0.05) is 36.5 Å². The Hall–Kier alpha value is -3.85. The zero-order valence-corrected chi connectivity index (χ0v) is 18.5. The van der Waals surface area contributed by atoms with Crippen LogP contribution in [0.1, 0.15) is 12.5 Å². The van der Waals surface area contributed by atoms with Crippen LogP contribution in [-0.4, -0.2) is 57.9 Å². The standard InChI is InChI=1S/C24H25N3O6/c1-3-33-19-6-4-5-18(14-19)27-23(29)20(22(28)25-24(27)30)13-16-7-8-17(15-21(16)31-2)26-9-11-32-12-10-26/h4-8,13-15H,3,9-12H2,1-2H3,(H,25,28,30)/b20-13+. The predicted octanol–water partition coefficient (Wildman–Crippen LogP) is 2.60. The van der Waals surface area contributed by atoms with Gasteiger partial charge in [-0.1, -0.05) is 6.07 Å². The Labute approximate surface area is 191 Å². The van der Waals surface area contributed by atoms with Crippen LogP contribution in [0.4, 0.5) is 16.2 Å². The van der Waals surface area contributed by atoms with Crippen LogP contribution in [0, 0.1) is 0 Å². The number of urea groups is 1. The van der Waals surface area contributed by atoms with Crippen LogP contribution in [0.25, 0.3) is 6.08 Å². The molecule has 0 saturated carbocycles. The third kappa shape index (κ3) is 4.68. The lowest BCUT2D eigenvalue weighted by molar-refractivity contribution is -0.122. The first kappa shape index (κ1) is 22.3. The summed E-state index contributed by atoms with van der Waals surface area (Å²) in [7, 11) is 1.53. The van der Waals surface area contributed by atoms with Crippen molar-refractivity contribution in [2.75, 3.05) is 49.8 Å². The third-order valence-corrected chi connectivity index (χ3v) is 5.38. The van der Waals surface area contributed by atoms with E-state index in [0.29, 0.717) is 42.6 Å². The number of barbiturate groups is 1. The number of carbonyl (C=O) groups excluding carboxylic acids is 3. The van der Waals surface area contributed by atoms with Gasteiger partial charge in [-0.15, -0.1) is 0 Å². The molecule has 0 atom stereocenters. The highest BCUT2D eigenvalue weighted by Crippen LogP contribution is 2.30. The Balaban J connectivity index is 1.66. The molecule has 2 heterocycles. The molecule has 2 fully saturated rings. The molecule has 9 heteroatoms. The van der Waals surface area contributed by atoms with Crippen LogP contribution in [0.2, 0.25) is 0 Å². The number of benzene rings is 2. The Kier molecular flexibility index (Phi) is 6.60. The van der Waals surface area contributed by atoms with Gasteiger partial charge in [0.2, 0.25) is 0 Å². The SMILES string of the molecule is CCOc1cccc(N2C(=O)NC(=O)/C(=C\c3ccc(N4CCOCC4)cc3OC)C2=O)c1. The molecular weight excluding hydrogens is 426 g/mol. The van der Waals surface area contributed by atoms with Crippen molar-refractivity contribution in [2.24, 2.45) is 0 Å². The van der Waals surface area contributed by atoms with Gasteiger partial charge in [-0.2, -0.15) is 0 Å².